The van der Waals surface area contributed by atoms with E-state index in [2.05, 4.69) is 17.2 Å². The van der Waals surface area contributed by atoms with Crippen molar-refractivity contribution in [1.29, 1.82) is 0 Å². The molecule has 0 saturated carbocycles. The van der Waals surface area contributed by atoms with Crippen molar-refractivity contribution >= 4 is 34.5 Å². The molecule has 0 bridgehead atoms. The van der Waals surface area contributed by atoms with Gasteiger partial charge >= 0.3 is 0 Å². The van der Waals surface area contributed by atoms with E-state index in [0.29, 0.717) is 16.0 Å². The molecule has 1 N–H and O–H groups in total. The molecule has 0 spiro atoms. The van der Waals surface area contributed by atoms with Gasteiger partial charge in [0, 0.05) is 28.4 Å². The van der Waals surface area contributed by atoms with E-state index in [9.17, 15) is 0 Å². The molecule has 0 amide bonds. The first-order valence-corrected chi connectivity index (χ1v) is 7.31. The Morgan fingerprint density at radius 2 is 2.17 bits per heavy atom. The molecule has 0 saturated heterocycles. The van der Waals surface area contributed by atoms with Gasteiger partial charge in [0.2, 0.25) is 0 Å². The molecule has 0 aliphatic heterocycles. The van der Waals surface area contributed by atoms with Gasteiger partial charge in [-0.3, -0.25) is 0 Å². The molecule has 0 fully saturated rings. The predicted octanol–water partition coefficient (Wildman–Crippen LogP) is 4.44. The molecule has 1 aromatic carbocycles. The Labute approximate surface area is 121 Å². The lowest BCUT2D eigenvalue weighted by molar-refractivity contribution is 0.674. The zero-order chi connectivity index (χ0) is 13.1. The van der Waals surface area contributed by atoms with Crippen LogP contribution in [0.25, 0.3) is 11.3 Å². The summed E-state index contributed by atoms with van der Waals surface area (Å²) in [6.07, 6.45) is 0. The fraction of sp³-hybridized carbons (Fsp3) is 0.308. The maximum atomic E-state index is 6.18. The number of aromatic nitrogens is 1. The van der Waals surface area contributed by atoms with Gasteiger partial charge in [-0.15, -0.1) is 11.3 Å². The molecule has 5 heteroatoms. The van der Waals surface area contributed by atoms with E-state index in [4.69, 9.17) is 23.2 Å². The molecule has 1 heterocycles. The number of thiazole rings is 1. The largest absolute Gasteiger partial charge is 0.319 e. The van der Waals surface area contributed by atoms with Crippen molar-refractivity contribution in [3.8, 4) is 11.3 Å². The van der Waals surface area contributed by atoms with Crippen molar-refractivity contribution in [3.63, 3.8) is 0 Å². The standard InChI is InChI=1S/C13H14Cl2N2S/c1-8(6-16-2)13-17-12(7-18-13)10-4-3-9(14)5-11(10)15/h3-5,7-8,16H,6H2,1-2H3. The van der Waals surface area contributed by atoms with Crippen molar-refractivity contribution in [1.82, 2.24) is 10.3 Å². The van der Waals surface area contributed by atoms with Crippen molar-refractivity contribution in [2.24, 2.45) is 0 Å². The molecular weight excluding hydrogens is 287 g/mol. The van der Waals surface area contributed by atoms with Gasteiger partial charge in [0.25, 0.3) is 0 Å². The Bertz CT molecular complexity index is 540. The number of nitrogens with zero attached hydrogens (tertiary/aromatic N) is 1. The van der Waals surface area contributed by atoms with Crippen molar-refractivity contribution in [3.05, 3.63) is 38.6 Å². The van der Waals surface area contributed by atoms with Crippen LogP contribution in [0.3, 0.4) is 0 Å². The highest BCUT2D eigenvalue weighted by Gasteiger charge is 2.12. The molecule has 2 aromatic rings. The minimum atomic E-state index is 0.403. The molecule has 96 valence electrons. The minimum absolute atomic E-state index is 0.403. The zero-order valence-electron chi connectivity index (χ0n) is 10.2. The Morgan fingerprint density at radius 3 is 2.83 bits per heavy atom. The first-order chi connectivity index (χ1) is 8.61. The highest BCUT2D eigenvalue weighted by Crippen LogP contribution is 2.32. The van der Waals surface area contributed by atoms with Gasteiger partial charge < -0.3 is 5.32 Å². The Morgan fingerprint density at radius 1 is 1.39 bits per heavy atom. The molecule has 1 atom stereocenters. The maximum Gasteiger partial charge on any atom is 0.0973 e. The predicted molar refractivity (Wildman–Crippen MR) is 79.9 cm³/mol. The monoisotopic (exact) mass is 300 g/mol. The van der Waals surface area contributed by atoms with Crippen LogP contribution < -0.4 is 5.32 Å². The Hall–Kier alpha value is -0.610. The van der Waals surface area contributed by atoms with E-state index >= 15 is 0 Å². The van der Waals surface area contributed by atoms with Crippen LogP contribution in [-0.2, 0) is 0 Å². The van der Waals surface area contributed by atoms with Crippen molar-refractivity contribution in [2.45, 2.75) is 12.8 Å². The van der Waals surface area contributed by atoms with Gasteiger partial charge in [0.1, 0.15) is 0 Å². The van der Waals surface area contributed by atoms with Crippen molar-refractivity contribution in [2.75, 3.05) is 13.6 Å². The number of hydrogen-bond donors (Lipinski definition) is 1. The molecule has 0 aliphatic rings. The van der Waals surface area contributed by atoms with E-state index in [0.717, 1.165) is 22.8 Å². The summed E-state index contributed by atoms with van der Waals surface area (Å²) >= 11 is 13.7. The average molecular weight is 301 g/mol. The number of hydrogen-bond acceptors (Lipinski definition) is 3. The Balaban J connectivity index is 2.29. The lowest BCUT2D eigenvalue weighted by atomic mass is 10.1. The summed E-state index contributed by atoms with van der Waals surface area (Å²) in [7, 11) is 1.95. The van der Waals surface area contributed by atoms with Gasteiger partial charge in [0.05, 0.1) is 15.7 Å². The molecular formula is C13H14Cl2N2S. The topological polar surface area (TPSA) is 24.9 Å². The number of halogens is 2. The van der Waals surface area contributed by atoms with Gasteiger partial charge in [-0.2, -0.15) is 0 Å². The summed E-state index contributed by atoms with van der Waals surface area (Å²) in [6, 6.07) is 5.49. The second-order valence-electron chi connectivity index (χ2n) is 4.15. The summed E-state index contributed by atoms with van der Waals surface area (Å²) < 4.78 is 0. The third-order valence-corrected chi connectivity index (χ3v) is 4.28. The number of nitrogens with one attached hydrogen (secondary N) is 1. The minimum Gasteiger partial charge on any atom is -0.319 e. The summed E-state index contributed by atoms with van der Waals surface area (Å²) in [5, 5.41) is 7.59. The normalized spacial score (nSPS) is 12.7. The van der Waals surface area contributed by atoms with Crippen LogP contribution in [0.1, 0.15) is 17.8 Å². The molecule has 0 radical (unpaired) electrons. The van der Waals surface area contributed by atoms with Crippen LogP contribution in [0.2, 0.25) is 10.0 Å². The summed E-state index contributed by atoms with van der Waals surface area (Å²) in [5.74, 6) is 0.403. The third-order valence-electron chi connectivity index (χ3n) is 2.66. The zero-order valence-corrected chi connectivity index (χ0v) is 12.5. The van der Waals surface area contributed by atoms with Crippen LogP contribution in [0.15, 0.2) is 23.6 Å². The maximum absolute atomic E-state index is 6.18. The van der Waals surface area contributed by atoms with Gasteiger partial charge in [-0.05, 0) is 25.2 Å². The fourth-order valence-electron chi connectivity index (χ4n) is 1.73. The van der Waals surface area contributed by atoms with E-state index < -0.39 is 0 Å². The quantitative estimate of drug-likeness (QED) is 0.903. The van der Waals surface area contributed by atoms with Crippen molar-refractivity contribution < 1.29 is 0 Å². The van der Waals surface area contributed by atoms with E-state index in [1.54, 1.807) is 17.4 Å². The highest BCUT2D eigenvalue weighted by atomic mass is 35.5. The average Bonchev–Trinajstić information content (AvgIpc) is 2.78. The first-order valence-electron chi connectivity index (χ1n) is 5.67. The number of likely N-dealkylation sites (N-methyl/N-ethyl adjacent to an activating group) is 1. The number of benzene rings is 1. The van der Waals surface area contributed by atoms with Crippen LogP contribution in [-0.4, -0.2) is 18.6 Å². The fourth-order valence-corrected chi connectivity index (χ4v) is 3.11. The van der Waals surface area contributed by atoms with Gasteiger partial charge in [-0.25, -0.2) is 4.98 Å². The molecule has 1 aromatic heterocycles. The second kappa shape index (κ2) is 6.02. The van der Waals surface area contributed by atoms with Crippen LogP contribution >= 0.6 is 34.5 Å². The molecule has 2 rings (SSSR count). The van der Waals surface area contributed by atoms with E-state index in [1.165, 1.54) is 0 Å². The van der Waals surface area contributed by atoms with E-state index in [1.807, 2.05) is 24.6 Å². The Kier molecular flexibility index (Phi) is 4.62. The summed E-state index contributed by atoms with van der Waals surface area (Å²) in [6.45, 7) is 3.07. The van der Waals surface area contributed by atoms with Crippen LogP contribution in [0.4, 0.5) is 0 Å². The van der Waals surface area contributed by atoms with E-state index in [-0.39, 0.29) is 0 Å². The smallest absolute Gasteiger partial charge is 0.0973 e. The second-order valence-corrected chi connectivity index (χ2v) is 5.89. The lowest BCUT2D eigenvalue weighted by Gasteiger charge is -2.06. The highest BCUT2D eigenvalue weighted by molar-refractivity contribution is 7.10. The van der Waals surface area contributed by atoms with Crippen LogP contribution in [0, 0.1) is 0 Å². The SMILES string of the molecule is CNCC(C)c1nc(-c2ccc(Cl)cc2Cl)cs1. The third kappa shape index (κ3) is 3.04. The summed E-state index contributed by atoms with van der Waals surface area (Å²) in [5.41, 5.74) is 1.85. The summed E-state index contributed by atoms with van der Waals surface area (Å²) in [4.78, 5) is 4.64. The van der Waals surface area contributed by atoms with Gasteiger partial charge in [0.15, 0.2) is 0 Å². The molecule has 1 unspecified atom stereocenters. The van der Waals surface area contributed by atoms with Crippen LogP contribution in [0.5, 0.6) is 0 Å². The first kappa shape index (κ1) is 13.8. The van der Waals surface area contributed by atoms with Gasteiger partial charge in [-0.1, -0.05) is 30.1 Å². The lowest BCUT2D eigenvalue weighted by Crippen LogP contribution is -2.14. The molecule has 2 nitrogen and oxygen atoms in total. The molecule has 18 heavy (non-hydrogen) atoms. The molecule has 0 aliphatic carbocycles. The number of rotatable bonds is 4.